The second-order valence-electron chi connectivity index (χ2n) is 1.99. The molecule has 1 atom stereocenters. The molecule has 0 aromatic rings. The molecule has 0 aromatic carbocycles. The van der Waals surface area contributed by atoms with Gasteiger partial charge in [0.05, 0.1) is 0 Å². The first-order valence-corrected chi connectivity index (χ1v) is 4.02. The molecule has 1 aliphatic rings. The second-order valence-corrected chi connectivity index (χ2v) is 2.53. The molecule has 11 heavy (non-hydrogen) atoms. The number of halogens is 1. The van der Waals surface area contributed by atoms with Gasteiger partial charge in [-0.05, 0) is 3.93 Å². The monoisotopic (exact) mass is 264 g/mol. The topological polar surface area (TPSA) is 58.2 Å². The first-order chi connectivity index (χ1) is 5.24. The van der Waals surface area contributed by atoms with Gasteiger partial charge in [-0.25, -0.2) is 4.79 Å². The summed E-state index contributed by atoms with van der Waals surface area (Å²) >= 11 is 1.88. The van der Waals surface area contributed by atoms with Crippen molar-refractivity contribution in [3.8, 4) is 9.85 Å². The van der Waals surface area contributed by atoms with Gasteiger partial charge in [0.1, 0.15) is 6.04 Å². The second kappa shape index (κ2) is 3.57. The summed E-state index contributed by atoms with van der Waals surface area (Å²) in [6.45, 7) is 0. The van der Waals surface area contributed by atoms with E-state index in [0.29, 0.717) is 6.42 Å². The molecular weight excluding hydrogens is 259 g/mol. The Kier molecular flexibility index (Phi) is 2.70. The van der Waals surface area contributed by atoms with E-state index in [-0.39, 0.29) is 5.91 Å². The third-order valence-corrected chi connectivity index (χ3v) is 1.61. The van der Waals surface area contributed by atoms with Gasteiger partial charge < -0.3 is 5.32 Å². The van der Waals surface area contributed by atoms with Crippen molar-refractivity contribution in [1.82, 2.24) is 10.6 Å². The van der Waals surface area contributed by atoms with Crippen LogP contribution < -0.4 is 10.6 Å². The number of amides is 3. The largest absolute Gasteiger partial charge is 0.325 e. The van der Waals surface area contributed by atoms with Crippen molar-refractivity contribution in [2.75, 3.05) is 0 Å². The Bertz CT molecular complexity index is 253. The standard InChI is InChI=1S/C6H5IN2O2/c7-3-1-2-4-5(10)9-6(11)8-4/h4H,2H2,(H2,8,9,10,11). The minimum Gasteiger partial charge on any atom is -0.325 e. The number of nitrogens with one attached hydrogen (secondary N) is 2. The van der Waals surface area contributed by atoms with Crippen molar-refractivity contribution >= 4 is 34.5 Å². The molecule has 0 saturated carbocycles. The number of carbonyl (C=O) groups is 2. The van der Waals surface area contributed by atoms with Gasteiger partial charge in [0, 0.05) is 29.0 Å². The van der Waals surface area contributed by atoms with E-state index in [0.717, 1.165) is 0 Å². The Morgan fingerprint density at radius 1 is 1.55 bits per heavy atom. The van der Waals surface area contributed by atoms with Crippen molar-refractivity contribution in [2.24, 2.45) is 0 Å². The summed E-state index contributed by atoms with van der Waals surface area (Å²) in [5, 5.41) is 4.55. The van der Waals surface area contributed by atoms with Crippen LogP contribution in [0.5, 0.6) is 0 Å². The van der Waals surface area contributed by atoms with Gasteiger partial charge in [-0.3, -0.25) is 10.1 Å². The molecule has 58 valence electrons. The number of hydrogen-bond acceptors (Lipinski definition) is 2. The van der Waals surface area contributed by atoms with Crippen LogP contribution in [0.15, 0.2) is 0 Å². The highest BCUT2D eigenvalue weighted by Gasteiger charge is 2.28. The summed E-state index contributed by atoms with van der Waals surface area (Å²) < 4.78 is 2.62. The molecule has 0 aliphatic carbocycles. The first kappa shape index (κ1) is 8.33. The van der Waals surface area contributed by atoms with Gasteiger partial charge in [-0.2, -0.15) is 0 Å². The Balaban J connectivity index is 2.51. The third-order valence-electron chi connectivity index (χ3n) is 1.23. The summed E-state index contributed by atoms with van der Waals surface area (Å²) in [7, 11) is 0. The molecule has 0 aromatic heterocycles. The fraction of sp³-hybridized carbons (Fsp3) is 0.333. The van der Waals surface area contributed by atoms with E-state index >= 15 is 0 Å². The van der Waals surface area contributed by atoms with Crippen LogP contribution in [-0.4, -0.2) is 18.0 Å². The van der Waals surface area contributed by atoms with Crippen molar-refractivity contribution in [2.45, 2.75) is 12.5 Å². The summed E-state index contributed by atoms with van der Waals surface area (Å²) in [5.74, 6) is 2.41. The number of hydrogen-bond donors (Lipinski definition) is 2. The first-order valence-electron chi connectivity index (χ1n) is 2.94. The maximum absolute atomic E-state index is 10.8. The van der Waals surface area contributed by atoms with Gasteiger partial charge in [0.15, 0.2) is 0 Å². The molecule has 5 heteroatoms. The van der Waals surface area contributed by atoms with Gasteiger partial charge >= 0.3 is 6.03 Å². The van der Waals surface area contributed by atoms with Crippen molar-refractivity contribution in [3.63, 3.8) is 0 Å². The van der Waals surface area contributed by atoms with E-state index in [9.17, 15) is 9.59 Å². The molecular formula is C6H5IN2O2. The van der Waals surface area contributed by atoms with E-state index in [2.05, 4.69) is 20.5 Å². The maximum atomic E-state index is 10.8. The normalized spacial score (nSPS) is 21.7. The van der Waals surface area contributed by atoms with E-state index in [1.807, 2.05) is 22.6 Å². The quantitative estimate of drug-likeness (QED) is 0.397. The summed E-state index contributed by atoms with van der Waals surface area (Å²) in [5.41, 5.74) is 0. The summed E-state index contributed by atoms with van der Waals surface area (Å²) in [4.78, 5) is 21.4. The predicted octanol–water partition coefficient (Wildman–Crippen LogP) is -0.0196. The lowest BCUT2D eigenvalue weighted by Gasteiger charge is -1.98. The molecule has 1 fully saturated rings. The molecule has 0 spiro atoms. The molecule has 4 nitrogen and oxygen atoms in total. The fourth-order valence-corrected chi connectivity index (χ4v) is 0.963. The molecule has 1 unspecified atom stereocenters. The lowest BCUT2D eigenvalue weighted by Crippen LogP contribution is -2.27. The molecule has 2 N–H and O–H groups in total. The molecule has 1 rings (SSSR count). The zero-order valence-electron chi connectivity index (χ0n) is 5.48. The Morgan fingerprint density at radius 3 is 2.73 bits per heavy atom. The van der Waals surface area contributed by atoms with Crippen LogP contribution in [0.1, 0.15) is 6.42 Å². The average molecular weight is 264 g/mol. The fourth-order valence-electron chi connectivity index (χ4n) is 0.743. The number of urea groups is 1. The van der Waals surface area contributed by atoms with Crippen molar-refractivity contribution in [3.05, 3.63) is 0 Å². The molecule has 0 radical (unpaired) electrons. The Morgan fingerprint density at radius 2 is 2.27 bits per heavy atom. The van der Waals surface area contributed by atoms with Crippen LogP contribution in [0.2, 0.25) is 0 Å². The van der Waals surface area contributed by atoms with E-state index < -0.39 is 12.1 Å². The number of rotatable bonds is 1. The van der Waals surface area contributed by atoms with Crippen molar-refractivity contribution < 1.29 is 9.59 Å². The van der Waals surface area contributed by atoms with Crippen LogP contribution in [0, 0.1) is 9.85 Å². The molecule has 0 bridgehead atoms. The molecule has 1 saturated heterocycles. The molecule has 1 aliphatic heterocycles. The predicted molar refractivity (Wildman–Crippen MR) is 46.9 cm³/mol. The SMILES string of the molecule is O=C1NC(=O)C(CC#CI)N1. The van der Waals surface area contributed by atoms with Crippen LogP contribution in [0.3, 0.4) is 0 Å². The highest BCUT2D eigenvalue weighted by atomic mass is 127. The van der Waals surface area contributed by atoms with Gasteiger partial charge in [-0.15, -0.1) is 0 Å². The smallest absolute Gasteiger partial charge is 0.322 e. The zero-order chi connectivity index (χ0) is 8.27. The van der Waals surface area contributed by atoms with Gasteiger partial charge in [-0.1, -0.05) is 5.92 Å². The van der Waals surface area contributed by atoms with Crippen LogP contribution in [-0.2, 0) is 4.79 Å². The minimum absolute atomic E-state index is 0.297. The van der Waals surface area contributed by atoms with Crippen LogP contribution >= 0.6 is 22.6 Å². The highest BCUT2D eigenvalue weighted by molar-refractivity contribution is 14.1. The molecule has 3 amide bonds. The highest BCUT2D eigenvalue weighted by Crippen LogP contribution is 1.97. The number of carbonyl (C=O) groups excluding carboxylic acids is 2. The van der Waals surface area contributed by atoms with Gasteiger partial charge in [0.2, 0.25) is 0 Å². The third kappa shape index (κ3) is 2.08. The Labute approximate surface area is 77.2 Å². The minimum atomic E-state index is -0.468. The summed E-state index contributed by atoms with van der Waals surface area (Å²) in [6, 6.07) is -0.903. The van der Waals surface area contributed by atoms with Crippen LogP contribution in [0.25, 0.3) is 0 Å². The van der Waals surface area contributed by atoms with Crippen LogP contribution in [0.4, 0.5) is 4.79 Å². The molecule has 1 heterocycles. The van der Waals surface area contributed by atoms with E-state index in [4.69, 9.17) is 0 Å². The average Bonchev–Trinajstić information content (AvgIpc) is 2.26. The Hall–Kier alpha value is -0.770. The lowest BCUT2D eigenvalue weighted by atomic mass is 10.2. The van der Waals surface area contributed by atoms with E-state index in [1.165, 1.54) is 0 Å². The van der Waals surface area contributed by atoms with E-state index in [1.54, 1.807) is 0 Å². The van der Waals surface area contributed by atoms with Gasteiger partial charge in [0.25, 0.3) is 5.91 Å². The zero-order valence-corrected chi connectivity index (χ0v) is 7.64. The van der Waals surface area contributed by atoms with Crippen molar-refractivity contribution in [1.29, 1.82) is 0 Å². The lowest BCUT2D eigenvalue weighted by molar-refractivity contribution is -0.120. The maximum Gasteiger partial charge on any atom is 0.322 e. The summed E-state index contributed by atoms with van der Waals surface area (Å²) in [6.07, 6.45) is 0.376. The number of imide groups is 1.